The van der Waals surface area contributed by atoms with Crippen LogP contribution < -0.4 is 10.6 Å². The number of hydrogen-bond donors (Lipinski definition) is 2. The maximum Gasteiger partial charge on any atom is 0.248 e. The van der Waals surface area contributed by atoms with Gasteiger partial charge < -0.3 is 15.5 Å². The van der Waals surface area contributed by atoms with Gasteiger partial charge in [-0.2, -0.15) is 0 Å². The molecule has 2 aromatic rings. The lowest BCUT2D eigenvalue weighted by atomic mass is 9.72. The van der Waals surface area contributed by atoms with E-state index in [-0.39, 0.29) is 17.7 Å². The second kappa shape index (κ2) is 6.69. The molecule has 2 atom stereocenters. The largest absolute Gasteiger partial charge is 0.342 e. The number of anilines is 1. The van der Waals surface area contributed by atoms with Crippen LogP contribution in [0.3, 0.4) is 0 Å². The summed E-state index contributed by atoms with van der Waals surface area (Å²) >= 11 is 0. The maximum absolute atomic E-state index is 13.5. The van der Waals surface area contributed by atoms with Gasteiger partial charge in [-0.3, -0.25) is 19.4 Å². The van der Waals surface area contributed by atoms with Crippen LogP contribution in [0.25, 0.3) is 0 Å². The molecule has 29 heavy (non-hydrogen) atoms. The van der Waals surface area contributed by atoms with Crippen LogP contribution in [0.5, 0.6) is 0 Å². The topological polar surface area (TPSA) is 91.4 Å². The molecule has 1 fully saturated rings. The summed E-state index contributed by atoms with van der Waals surface area (Å²) in [5.74, 6) is -0.616. The van der Waals surface area contributed by atoms with Crippen molar-refractivity contribution in [3.63, 3.8) is 0 Å². The number of amides is 3. The average Bonchev–Trinajstić information content (AvgIpc) is 3.21. The molecule has 0 radical (unpaired) electrons. The van der Waals surface area contributed by atoms with Crippen molar-refractivity contribution in [2.24, 2.45) is 0 Å². The van der Waals surface area contributed by atoms with Crippen molar-refractivity contribution in [2.45, 2.75) is 44.2 Å². The Morgan fingerprint density at radius 3 is 2.69 bits per heavy atom. The molecule has 3 heterocycles. The highest BCUT2D eigenvalue weighted by atomic mass is 16.2. The Balaban J connectivity index is 1.85. The van der Waals surface area contributed by atoms with E-state index >= 15 is 0 Å². The third-order valence-corrected chi connectivity index (χ3v) is 5.87. The summed E-state index contributed by atoms with van der Waals surface area (Å²) in [6.45, 7) is 5.16. The number of nitrogens with zero attached hydrogens (tertiary/aromatic N) is 2. The Bertz CT molecular complexity index is 989. The average molecular weight is 392 g/mol. The van der Waals surface area contributed by atoms with Crippen LogP contribution in [0.15, 0.2) is 48.8 Å². The lowest BCUT2D eigenvalue weighted by molar-refractivity contribution is -0.142. The minimum absolute atomic E-state index is 0.111. The van der Waals surface area contributed by atoms with Crippen molar-refractivity contribution in [3.05, 3.63) is 59.9 Å². The molecule has 2 aliphatic heterocycles. The van der Waals surface area contributed by atoms with E-state index in [1.807, 2.05) is 36.4 Å². The standard InChI is InChI=1S/C22H24N4O3/c1-14(27)25-21(2,3)20(29)26-12-10-22(18(26)15-7-6-11-23-13-15)16-8-4-5-9-17(16)24-19(22)28/h4-9,11,13,18H,10,12H2,1-3H3,(H,24,28)(H,25,27). The van der Waals surface area contributed by atoms with Crippen LogP contribution in [0.1, 0.15) is 44.4 Å². The number of rotatable bonds is 3. The predicted molar refractivity (Wildman–Crippen MR) is 108 cm³/mol. The first-order valence-corrected chi connectivity index (χ1v) is 9.68. The molecule has 150 valence electrons. The molecule has 0 aliphatic carbocycles. The highest BCUT2D eigenvalue weighted by Crippen LogP contribution is 2.54. The normalized spacial score (nSPS) is 23.1. The molecule has 1 saturated heterocycles. The monoisotopic (exact) mass is 392 g/mol. The van der Waals surface area contributed by atoms with Crippen LogP contribution in [0, 0.1) is 0 Å². The van der Waals surface area contributed by atoms with Crippen molar-refractivity contribution in [1.29, 1.82) is 0 Å². The molecule has 1 spiro atoms. The molecule has 3 amide bonds. The smallest absolute Gasteiger partial charge is 0.248 e. The van der Waals surface area contributed by atoms with Gasteiger partial charge in [0.25, 0.3) is 0 Å². The number of fused-ring (bicyclic) bond motifs is 2. The Hall–Kier alpha value is -3.22. The summed E-state index contributed by atoms with van der Waals surface area (Å²) in [6.07, 6.45) is 3.87. The third-order valence-electron chi connectivity index (χ3n) is 5.87. The molecule has 0 bridgehead atoms. The van der Waals surface area contributed by atoms with Crippen LogP contribution >= 0.6 is 0 Å². The van der Waals surface area contributed by atoms with Gasteiger partial charge in [-0.15, -0.1) is 0 Å². The lowest BCUT2D eigenvalue weighted by Gasteiger charge is -2.38. The van der Waals surface area contributed by atoms with Crippen molar-refractivity contribution >= 4 is 23.4 Å². The maximum atomic E-state index is 13.5. The first-order chi connectivity index (χ1) is 13.8. The minimum atomic E-state index is -1.09. The summed E-state index contributed by atoms with van der Waals surface area (Å²) in [5, 5.41) is 5.72. The van der Waals surface area contributed by atoms with E-state index in [9.17, 15) is 14.4 Å². The number of benzene rings is 1. The predicted octanol–water partition coefficient (Wildman–Crippen LogP) is 2.16. The Morgan fingerprint density at radius 2 is 2.00 bits per heavy atom. The second-order valence-corrected chi connectivity index (χ2v) is 8.21. The quantitative estimate of drug-likeness (QED) is 0.837. The third kappa shape index (κ3) is 2.88. The molecule has 0 saturated carbocycles. The van der Waals surface area contributed by atoms with Gasteiger partial charge in [0.15, 0.2) is 0 Å². The van der Waals surface area contributed by atoms with Gasteiger partial charge in [-0.05, 0) is 43.5 Å². The SMILES string of the molecule is CC(=O)NC(C)(C)C(=O)N1CCC2(C(=O)Nc3ccccc32)C1c1cccnc1. The van der Waals surface area contributed by atoms with E-state index in [0.29, 0.717) is 13.0 Å². The minimum Gasteiger partial charge on any atom is -0.342 e. The highest BCUT2D eigenvalue weighted by molar-refractivity contribution is 6.08. The summed E-state index contributed by atoms with van der Waals surface area (Å²) in [6, 6.07) is 10.8. The number of nitrogens with one attached hydrogen (secondary N) is 2. The van der Waals surface area contributed by atoms with E-state index in [0.717, 1.165) is 16.8 Å². The van der Waals surface area contributed by atoms with Crippen molar-refractivity contribution in [3.8, 4) is 0 Å². The van der Waals surface area contributed by atoms with Gasteiger partial charge in [0.1, 0.15) is 11.0 Å². The van der Waals surface area contributed by atoms with Gasteiger partial charge in [0.05, 0.1) is 6.04 Å². The van der Waals surface area contributed by atoms with E-state index in [1.54, 1.807) is 31.1 Å². The highest BCUT2D eigenvalue weighted by Gasteiger charge is 2.60. The zero-order valence-corrected chi connectivity index (χ0v) is 16.7. The van der Waals surface area contributed by atoms with Gasteiger partial charge in [0.2, 0.25) is 17.7 Å². The van der Waals surface area contributed by atoms with Crippen molar-refractivity contribution in [2.75, 3.05) is 11.9 Å². The fourth-order valence-electron chi connectivity index (χ4n) is 4.76. The molecule has 2 N–H and O–H groups in total. The molecule has 7 nitrogen and oxygen atoms in total. The molecular formula is C22H24N4O3. The fourth-order valence-corrected chi connectivity index (χ4v) is 4.76. The Labute approximate surface area is 169 Å². The van der Waals surface area contributed by atoms with E-state index < -0.39 is 17.0 Å². The second-order valence-electron chi connectivity index (χ2n) is 8.21. The van der Waals surface area contributed by atoms with E-state index in [2.05, 4.69) is 15.6 Å². The first-order valence-electron chi connectivity index (χ1n) is 9.68. The molecule has 1 aromatic carbocycles. The molecular weight excluding hydrogens is 368 g/mol. The lowest BCUT2D eigenvalue weighted by Crippen LogP contribution is -2.56. The number of aromatic nitrogens is 1. The number of carbonyl (C=O) groups excluding carboxylic acids is 3. The summed E-state index contributed by atoms with van der Waals surface area (Å²) in [5.41, 5.74) is 0.491. The number of para-hydroxylation sites is 1. The zero-order chi connectivity index (χ0) is 20.8. The van der Waals surface area contributed by atoms with Crippen LogP contribution in [0.4, 0.5) is 5.69 Å². The van der Waals surface area contributed by atoms with Crippen molar-refractivity contribution < 1.29 is 14.4 Å². The molecule has 2 unspecified atom stereocenters. The number of likely N-dealkylation sites (tertiary alicyclic amines) is 1. The molecule has 1 aromatic heterocycles. The number of hydrogen-bond acceptors (Lipinski definition) is 4. The van der Waals surface area contributed by atoms with Gasteiger partial charge in [0, 0.05) is 31.5 Å². The summed E-state index contributed by atoms with van der Waals surface area (Å²) in [4.78, 5) is 44.4. The Morgan fingerprint density at radius 1 is 1.24 bits per heavy atom. The van der Waals surface area contributed by atoms with Gasteiger partial charge >= 0.3 is 0 Å². The van der Waals surface area contributed by atoms with E-state index in [1.165, 1.54) is 6.92 Å². The van der Waals surface area contributed by atoms with Crippen LogP contribution in [-0.4, -0.2) is 39.7 Å². The molecule has 4 rings (SSSR count). The van der Waals surface area contributed by atoms with Gasteiger partial charge in [-0.1, -0.05) is 24.3 Å². The zero-order valence-electron chi connectivity index (χ0n) is 16.7. The number of pyridine rings is 1. The fraction of sp³-hybridized carbons (Fsp3) is 0.364. The number of carbonyl (C=O) groups is 3. The summed E-state index contributed by atoms with van der Waals surface area (Å²) < 4.78 is 0. The Kier molecular flexibility index (Phi) is 4.41. The van der Waals surface area contributed by atoms with E-state index in [4.69, 9.17) is 0 Å². The first kappa shape index (κ1) is 19.1. The van der Waals surface area contributed by atoms with Crippen LogP contribution in [0.2, 0.25) is 0 Å². The van der Waals surface area contributed by atoms with Crippen molar-refractivity contribution in [1.82, 2.24) is 15.2 Å². The van der Waals surface area contributed by atoms with Gasteiger partial charge in [-0.25, -0.2) is 0 Å². The van der Waals surface area contributed by atoms with Crippen LogP contribution in [-0.2, 0) is 19.8 Å². The molecule has 2 aliphatic rings. The molecule has 7 heteroatoms. The summed E-state index contributed by atoms with van der Waals surface area (Å²) in [7, 11) is 0.